The minimum Gasteiger partial charge on any atom is -0.482 e. The first-order valence-corrected chi connectivity index (χ1v) is 6.37. The Bertz CT molecular complexity index is 459. The maximum absolute atomic E-state index is 11.4. The van der Waals surface area contributed by atoms with Crippen molar-refractivity contribution >= 4 is 17.7 Å². The van der Waals surface area contributed by atoms with Gasteiger partial charge in [0.25, 0.3) is 0 Å². The lowest BCUT2D eigenvalue weighted by Crippen LogP contribution is -2.18. The van der Waals surface area contributed by atoms with Crippen molar-refractivity contribution in [2.75, 3.05) is 18.5 Å². The zero-order chi connectivity index (χ0) is 15.0. The molecule has 0 radical (unpaired) electrons. The van der Waals surface area contributed by atoms with Gasteiger partial charge in [-0.1, -0.05) is 6.07 Å². The predicted molar refractivity (Wildman–Crippen MR) is 73.8 cm³/mol. The summed E-state index contributed by atoms with van der Waals surface area (Å²) in [5, 5.41) is 2.57. The molecule has 1 rings (SSSR count). The summed E-state index contributed by atoms with van der Waals surface area (Å²) in [5.74, 6) is 0.0190. The van der Waals surface area contributed by atoms with E-state index in [1.807, 2.05) is 0 Å². The molecule has 0 unspecified atom stereocenters. The quantitative estimate of drug-likeness (QED) is 0.811. The molecular formula is C14H19NO5. The average molecular weight is 281 g/mol. The number of esters is 1. The van der Waals surface area contributed by atoms with E-state index in [1.54, 1.807) is 45.0 Å². The summed E-state index contributed by atoms with van der Waals surface area (Å²) in [5.41, 5.74) is 0.525. The smallest absolute Gasteiger partial charge is 0.411 e. The Kier molecular flexibility index (Phi) is 6.36. The van der Waals surface area contributed by atoms with Crippen molar-refractivity contribution in [3.05, 3.63) is 24.3 Å². The molecule has 0 aromatic heterocycles. The molecule has 6 nitrogen and oxygen atoms in total. The Balaban J connectivity index is 2.53. The number of benzene rings is 1. The van der Waals surface area contributed by atoms with Gasteiger partial charge in [0.15, 0.2) is 6.61 Å². The summed E-state index contributed by atoms with van der Waals surface area (Å²) in [6, 6.07) is 6.67. The number of rotatable bonds is 6. The van der Waals surface area contributed by atoms with Gasteiger partial charge in [0.05, 0.1) is 12.7 Å². The zero-order valence-corrected chi connectivity index (χ0v) is 11.8. The van der Waals surface area contributed by atoms with E-state index in [-0.39, 0.29) is 12.7 Å². The molecule has 20 heavy (non-hydrogen) atoms. The first-order valence-electron chi connectivity index (χ1n) is 6.37. The van der Waals surface area contributed by atoms with Crippen LogP contribution in [0.5, 0.6) is 5.75 Å². The third-order valence-corrected chi connectivity index (χ3v) is 2.09. The highest BCUT2D eigenvalue weighted by atomic mass is 16.6. The molecular weight excluding hydrogens is 262 g/mol. The number of ether oxygens (including phenoxy) is 3. The van der Waals surface area contributed by atoms with Crippen LogP contribution in [-0.2, 0) is 14.3 Å². The number of carbonyl (C=O) groups excluding carboxylic acids is 2. The van der Waals surface area contributed by atoms with Gasteiger partial charge in [-0.05, 0) is 32.9 Å². The van der Waals surface area contributed by atoms with E-state index in [4.69, 9.17) is 14.2 Å². The molecule has 0 aliphatic carbocycles. The Hall–Kier alpha value is -2.24. The predicted octanol–water partition coefficient (Wildman–Crippen LogP) is 2.59. The average Bonchev–Trinajstić information content (AvgIpc) is 2.36. The Morgan fingerprint density at radius 3 is 2.70 bits per heavy atom. The number of amides is 1. The minimum absolute atomic E-state index is 0.173. The van der Waals surface area contributed by atoms with E-state index in [0.29, 0.717) is 18.0 Å². The van der Waals surface area contributed by atoms with Crippen molar-refractivity contribution in [3.63, 3.8) is 0 Å². The van der Waals surface area contributed by atoms with Gasteiger partial charge in [0.1, 0.15) is 5.75 Å². The molecule has 0 atom stereocenters. The summed E-state index contributed by atoms with van der Waals surface area (Å²) in [6.45, 7) is 5.39. The second-order valence-electron chi connectivity index (χ2n) is 4.20. The van der Waals surface area contributed by atoms with Crippen molar-refractivity contribution < 1.29 is 23.8 Å². The van der Waals surface area contributed by atoms with Crippen molar-refractivity contribution in [1.82, 2.24) is 0 Å². The van der Waals surface area contributed by atoms with Crippen molar-refractivity contribution in [2.45, 2.75) is 26.9 Å². The van der Waals surface area contributed by atoms with E-state index in [1.165, 1.54) is 0 Å². The molecule has 0 heterocycles. The summed E-state index contributed by atoms with van der Waals surface area (Å²) < 4.78 is 15.0. The standard InChI is InChI=1S/C14H19NO5/c1-4-18-13(16)9-19-12-7-5-6-11(8-12)15-14(17)20-10(2)3/h5-8,10H,4,9H2,1-3H3,(H,15,17). The first-order chi connectivity index (χ1) is 9.51. The molecule has 1 N–H and O–H groups in total. The molecule has 0 bridgehead atoms. The van der Waals surface area contributed by atoms with Gasteiger partial charge in [-0.2, -0.15) is 0 Å². The molecule has 1 amide bonds. The fraction of sp³-hybridized carbons (Fsp3) is 0.429. The van der Waals surface area contributed by atoms with Crippen LogP contribution in [0, 0.1) is 0 Å². The van der Waals surface area contributed by atoms with Crippen molar-refractivity contribution in [1.29, 1.82) is 0 Å². The van der Waals surface area contributed by atoms with Crippen LogP contribution in [0.15, 0.2) is 24.3 Å². The second-order valence-corrected chi connectivity index (χ2v) is 4.20. The molecule has 6 heteroatoms. The van der Waals surface area contributed by atoms with Crippen LogP contribution >= 0.6 is 0 Å². The van der Waals surface area contributed by atoms with E-state index in [0.717, 1.165) is 0 Å². The summed E-state index contributed by atoms with van der Waals surface area (Å²) >= 11 is 0. The van der Waals surface area contributed by atoms with Crippen molar-refractivity contribution in [2.24, 2.45) is 0 Å². The largest absolute Gasteiger partial charge is 0.482 e. The van der Waals surface area contributed by atoms with Crippen LogP contribution in [0.4, 0.5) is 10.5 Å². The molecule has 1 aromatic carbocycles. The maximum Gasteiger partial charge on any atom is 0.411 e. The third kappa shape index (κ3) is 6.08. The molecule has 0 aliphatic rings. The van der Waals surface area contributed by atoms with Gasteiger partial charge in [0, 0.05) is 11.8 Å². The number of anilines is 1. The topological polar surface area (TPSA) is 73.9 Å². The molecule has 0 fully saturated rings. The lowest BCUT2D eigenvalue weighted by molar-refractivity contribution is -0.145. The molecule has 1 aromatic rings. The summed E-state index contributed by atoms with van der Waals surface area (Å²) in [4.78, 5) is 22.6. The van der Waals surface area contributed by atoms with Crippen LogP contribution in [0.1, 0.15) is 20.8 Å². The maximum atomic E-state index is 11.4. The Morgan fingerprint density at radius 2 is 2.05 bits per heavy atom. The van der Waals surface area contributed by atoms with Crippen LogP contribution in [-0.4, -0.2) is 31.4 Å². The number of carbonyl (C=O) groups is 2. The lowest BCUT2D eigenvalue weighted by Gasteiger charge is -2.11. The van der Waals surface area contributed by atoms with E-state index in [9.17, 15) is 9.59 Å². The Morgan fingerprint density at radius 1 is 1.30 bits per heavy atom. The van der Waals surface area contributed by atoms with E-state index >= 15 is 0 Å². The van der Waals surface area contributed by atoms with Gasteiger partial charge in [-0.15, -0.1) is 0 Å². The third-order valence-electron chi connectivity index (χ3n) is 2.09. The van der Waals surface area contributed by atoms with Gasteiger partial charge < -0.3 is 14.2 Å². The first kappa shape index (κ1) is 15.8. The molecule has 0 saturated carbocycles. The highest BCUT2D eigenvalue weighted by Crippen LogP contribution is 2.17. The number of hydrogen-bond donors (Lipinski definition) is 1. The second kappa shape index (κ2) is 8.04. The normalized spacial score (nSPS) is 10.0. The number of nitrogens with one attached hydrogen (secondary N) is 1. The van der Waals surface area contributed by atoms with Gasteiger partial charge in [-0.25, -0.2) is 9.59 Å². The number of hydrogen-bond acceptors (Lipinski definition) is 5. The van der Waals surface area contributed by atoms with Crippen molar-refractivity contribution in [3.8, 4) is 5.75 Å². The van der Waals surface area contributed by atoms with E-state index < -0.39 is 12.1 Å². The van der Waals surface area contributed by atoms with Gasteiger partial charge in [0.2, 0.25) is 0 Å². The molecule has 0 spiro atoms. The van der Waals surface area contributed by atoms with Crippen LogP contribution in [0.25, 0.3) is 0 Å². The van der Waals surface area contributed by atoms with Crippen LogP contribution < -0.4 is 10.1 Å². The van der Waals surface area contributed by atoms with Gasteiger partial charge in [-0.3, -0.25) is 5.32 Å². The SMILES string of the molecule is CCOC(=O)COc1cccc(NC(=O)OC(C)C)c1. The highest BCUT2D eigenvalue weighted by Gasteiger charge is 2.07. The summed E-state index contributed by atoms with van der Waals surface area (Å²) in [6.07, 6.45) is -0.735. The summed E-state index contributed by atoms with van der Waals surface area (Å²) in [7, 11) is 0. The lowest BCUT2D eigenvalue weighted by atomic mass is 10.3. The molecule has 0 aliphatic heterocycles. The molecule has 110 valence electrons. The monoisotopic (exact) mass is 281 g/mol. The van der Waals surface area contributed by atoms with Crippen LogP contribution in [0.3, 0.4) is 0 Å². The van der Waals surface area contributed by atoms with Crippen LogP contribution in [0.2, 0.25) is 0 Å². The minimum atomic E-state index is -0.539. The highest BCUT2D eigenvalue weighted by molar-refractivity contribution is 5.84. The van der Waals surface area contributed by atoms with E-state index in [2.05, 4.69) is 5.32 Å². The molecule has 0 saturated heterocycles. The fourth-order valence-electron chi connectivity index (χ4n) is 1.37. The zero-order valence-electron chi connectivity index (χ0n) is 11.8. The fourth-order valence-corrected chi connectivity index (χ4v) is 1.37. The van der Waals surface area contributed by atoms with Gasteiger partial charge >= 0.3 is 12.1 Å². The Labute approximate surface area is 118 Å².